The predicted octanol–water partition coefficient (Wildman–Crippen LogP) is 2.40. The molecule has 2 aromatic rings. The number of nitrogens with zero attached hydrogens (tertiary/aromatic N) is 3. The molecule has 0 fully saturated rings. The maximum absolute atomic E-state index is 13.1. The molecule has 0 spiro atoms. The van der Waals surface area contributed by atoms with E-state index < -0.39 is 33.8 Å². The first-order valence-corrected chi connectivity index (χ1v) is 8.04. The number of ether oxygens (including phenoxy) is 3. The molecule has 2 rings (SSSR count). The van der Waals surface area contributed by atoms with Gasteiger partial charge in [-0.2, -0.15) is 13.2 Å². The minimum absolute atomic E-state index is 0.120. The van der Waals surface area contributed by atoms with Gasteiger partial charge in [0.1, 0.15) is 11.2 Å². The molecule has 0 aliphatic carbocycles. The standard InChI is InChI=1S/C14H13F3N4O5S/c1-4-26-12(23)7-8(14(15,16)17)20-13(27-7)21-9(22)6-10(24-2)18-5-19-11(6)25-3/h5H,4H2,1-3H3,(H,20,21,22). The van der Waals surface area contributed by atoms with E-state index in [1.165, 1.54) is 21.1 Å². The number of hydrogen-bond donors (Lipinski definition) is 1. The Morgan fingerprint density at radius 3 is 2.26 bits per heavy atom. The first kappa shape index (κ1) is 20.4. The van der Waals surface area contributed by atoms with Crippen LogP contribution in [0.3, 0.4) is 0 Å². The van der Waals surface area contributed by atoms with Gasteiger partial charge in [0.05, 0.1) is 20.8 Å². The highest BCUT2D eigenvalue weighted by Crippen LogP contribution is 2.37. The molecule has 2 heterocycles. The van der Waals surface area contributed by atoms with Gasteiger partial charge in [-0.3, -0.25) is 10.1 Å². The van der Waals surface area contributed by atoms with Gasteiger partial charge in [0.15, 0.2) is 16.4 Å². The summed E-state index contributed by atoms with van der Waals surface area (Å²) < 4.78 is 53.8. The summed E-state index contributed by atoms with van der Waals surface area (Å²) in [7, 11) is 2.48. The normalized spacial score (nSPS) is 11.0. The van der Waals surface area contributed by atoms with Crippen LogP contribution in [0.25, 0.3) is 0 Å². The van der Waals surface area contributed by atoms with E-state index in [0.717, 1.165) is 6.33 Å². The van der Waals surface area contributed by atoms with Crippen LogP contribution in [0.1, 0.15) is 32.6 Å². The van der Waals surface area contributed by atoms with E-state index in [4.69, 9.17) is 9.47 Å². The number of rotatable bonds is 6. The Hall–Kier alpha value is -2.96. The summed E-state index contributed by atoms with van der Waals surface area (Å²) in [6.45, 7) is 1.33. The van der Waals surface area contributed by atoms with Gasteiger partial charge in [0.25, 0.3) is 5.91 Å². The smallest absolute Gasteiger partial charge is 0.435 e. The van der Waals surface area contributed by atoms with Crippen molar-refractivity contribution in [3.63, 3.8) is 0 Å². The second kappa shape index (κ2) is 8.16. The summed E-state index contributed by atoms with van der Waals surface area (Å²) in [6.07, 6.45) is -3.83. The summed E-state index contributed by atoms with van der Waals surface area (Å²) in [5.41, 5.74) is -1.70. The highest BCUT2D eigenvalue weighted by Gasteiger charge is 2.40. The number of alkyl halides is 3. The molecular formula is C14H13F3N4O5S. The molecule has 146 valence electrons. The zero-order chi connectivity index (χ0) is 20.2. The molecule has 0 radical (unpaired) electrons. The summed E-state index contributed by atoms with van der Waals surface area (Å²) in [5.74, 6) is -2.43. The molecule has 1 amide bonds. The third-order valence-corrected chi connectivity index (χ3v) is 3.92. The van der Waals surface area contributed by atoms with E-state index in [9.17, 15) is 22.8 Å². The minimum atomic E-state index is -4.91. The number of halogens is 3. The maximum atomic E-state index is 13.1. The van der Waals surface area contributed by atoms with Crippen LogP contribution >= 0.6 is 11.3 Å². The first-order chi connectivity index (χ1) is 12.7. The fourth-order valence-electron chi connectivity index (χ4n) is 1.92. The average molecular weight is 406 g/mol. The second-order valence-electron chi connectivity index (χ2n) is 4.64. The number of aromatic nitrogens is 3. The van der Waals surface area contributed by atoms with Gasteiger partial charge in [-0.1, -0.05) is 11.3 Å². The molecule has 0 aliphatic heterocycles. The highest BCUT2D eigenvalue weighted by molar-refractivity contribution is 7.17. The van der Waals surface area contributed by atoms with Crippen LogP contribution in [0.15, 0.2) is 6.33 Å². The van der Waals surface area contributed by atoms with E-state index in [1.54, 1.807) is 0 Å². The summed E-state index contributed by atoms with van der Waals surface area (Å²) in [6, 6.07) is 0. The first-order valence-electron chi connectivity index (χ1n) is 7.22. The van der Waals surface area contributed by atoms with E-state index in [1.807, 2.05) is 0 Å². The monoisotopic (exact) mass is 406 g/mol. The van der Waals surface area contributed by atoms with Crippen molar-refractivity contribution in [2.45, 2.75) is 13.1 Å². The molecule has 9 nitrogen and oxygen atoms in total. The zero-order valence-electron chi connectivity index (χ0n) is 14.2. The van der Waals surface area contributed by atoms with Crippen LogP contribution in [0, 0.1) is 0 Å². The summed E-state index contributed by atoms with van der Waals surface area (Å²) in [5, 5.41) is 1.69. The van der Waals surface area contributed by atoms with E-state index in [-0.39, 0.29) is 23.9 Å². The lowest BCUT2D eigenvalue weighted by molar-refractivity contribution is -0.141. The fourth-order valence-corrected chi connectivity index (χ4v) is 2.79. The van der Waals surface area contributed by atoms with Gasteiger partial charge in [0, 0.05) is 0 Å². The van der Waals surface area contributed by atoms with Crippen molar-refractivity contribution in [2.24, 2.45) is 0 Å². The van der Waals surface area contributed by atoms with Crippen LogP contribution in [-0.4, -0.2) is 47.7 Å². The second-order valence-corrected chi connectivity index (χ2v) is 5.64. The molecule has 0 bridgehead atoms. The molecule has 13 heteroatoms. The van der Waals surface area contributed by atoms with Crippen molar-refractivity contribution in [1.29, 1.82) is 0 Å². The molecule has 0 unspecified atom stereocenters. The Morgan fingerprint density at radius 1 is 1.19 bits per heavy atom. The van der Waals surface area contributed by atoms with Gasteiger partial charge in [-0.05, 0) is 6.92 Å². The largest absolute Gasteiger partial charge is 0.480 e. The SMILES string of the molecule is CCOC(=O)c1sc(NC(=O)c2c(OC)ncnc2OC)nc1C(F)(F)F. The van der Waals surface area contributed by atoms with E-state index in [2.05, 4.69) is 25.0 Å². The molecule has 0 atom stereocenters. The number of anilines is 1. The number of thiazole rings is 1. The molecule has 0 aliphatic rings. The Morgan fingerprint density at radius 2 is 1.78 bits per heavy atom. The van der Waals surface area contributed by atoms with Gasteiger partial charge < -0.3 is 14.2 Å². The maximum Gasteiger partial charge on any atom is 0.435 e. The number of nitrogens with one attached hydrogen (secondary N) is 1. The number of amides is 1. The number of carbonyl (C=O) groups excluding carboxylic acids is 2. The van der Waals surface area contributed by atoms with Gasteiger partial charge in [0.2, 0.25) is 11.8 Å². The predicted molar refractivity (Wildman–Crippen MR) is 86.2 cm³/mol. The van der Waals surface area contributed by atoms with Crippen molar-refractivity contribution in [3.05, 3.63) is 22.5 Å². The Bertz CT molecular complexity index is 834. The van der Waals surface area contributed by atoms with Gasteiger partial charge in [-0.15, -0.1) is 0 Å². The van der Waals surface area contributed by atoms with E-state index in [0.29, 0.717) is 11.3 Å². The van der Waals surface area contributed by atoms with Crippen molar-refractivity contribution in [1.82, 2.24) is 15.0 Å². The van der Waals surface area contributed by atoms with Crippen LogP contribution in [0.5, 0.6) is 11.8 Å². The molecule has 2 aromatic heterocycles. The molecule has 0 saturated carbocycles. The Balaban J connectivity index is 2.41. The lowest BCUT2D eigenvalue weighted by atomic mass is 10.3. The molecule has 1 N–H and O–H groups in total. The molecule has 0 aromatic carbocycles. The van der Waals surface area contributed by atoms with Crippen molar-refractivity contribution >= 4 is 28.3 Å². The van der Waals surface area contributed by atoms with Crippen LogP contribution in [-0.2, 0) is 10.9 Å². The average Bonchev–Trinajstić information content (AvgIpc) is 3.05. The topological polar surface area (TPSA) is 113 Å². The quantitative estimate of drug-likeness (QED) is 0.728. The number of carbonyl (C=O) groups is 2. The number of methoxy groups -OCH3 is 2. The van der Waals surface area contributed by atoms with Crippen LogP contribution in [0.4, 0.5) is 18.3 Å². The van der Waals surface area contributed by atoms with E-state index >= 15 is 0 Å². The number of esters is 1. The van der Waals surface area contributed by atoms with Crippen LogP contribution < -0.4 is 14.8 Å². The molecule has 0 saturated heterocycles. The highest BCUT2D eigenvalue weighted by atomic mass is 32.1. The Kier molecular flexibility index (Phi) is 6.15. The van der Waals surface area contributed by atoms with Crippen LogP contribution in [0.2, 0.25) is 0 Å². The molecule has 27 heavy (non-hydrogen) atoms. The summed E-state index contributed by atoms with van der Waals surface area (Å²) >= 11 is 0.324. The summed E-state index contributed by atoms with van der Waals surface area (Å²) in [4.78, 5) is 34.2. The Labute approximate surface area is 154 Å². The third kappa shape index (κ3) is 4.42. The fraction of sp³-hybridized carbons (Fsp3) is 0.357. The van der Waals surface area contributed by atoms with Gasteiger partial charge in [-0.25, -0.2) is 19.7 Å². The van der Waals surface area contributed by atoms with Gasteiger partial charge >= 0.3 is 12.1 Å². The third-order valence-electron chi connectivity index (χ3n) is 2.97. The van der Waals surface area contributed by atoms with Crippen molar-refractivity contribution in [3.8, 4) is 11.8 Å². The minimum Gasteiger partial charge on any atom is -0.480 e. The van der Waals surface area contributed by atoms with Crippen molar-refractivity contribution < 1.29 is 37.0 Å². The number of hydrogen-bond acceptors (Lipinski definition) is 9. The lowest BCUT2D eigenvalue weighted by Crippen LogP contribution is -2.16. The molecular weight excluding hydrogens is 393 g/mol. The lowest BCUT2D eigenvalue weighted by Gasteiger charge is -2.09. The van der Waals surface area contributed by atoms with Crippen molar-refractivity contribution in [2.75, 3.05) is 26.1 Å². The zero-order valence-corrected chi connectivity index (χ0v) is 15.0.